The maximum absolute atomic E-state index is 11.0. The van der Waals surface area contributed by atoms with E-state index in [0.717, 1.165) is 31.7 Å². The summed E-state index contributed by atoms with van der Waals surface area (Å²) in [6.07, 6.45) is 1.88. The number of benzene rings is 1. The molecular weight excluding hydrogens is 272 g/mol. The number of hydrogen-bond donors (Lipinski definition) is 1. The standard InChI is InChI=1S/C15H22N2O4/c1-3-5-21-15-8-13(7-14(9-15)17(18)19)16-11(2)12-4-6-20-10-12/h7-9,11-12,16H,3-6,10H2,1-2H3. The van der Waals surface area contributed by atoms with Crippen LogP contribution in [0, 0.1) is 16.0 Å². The summed E-state index contributed by atoms with van der Waals surface area (Å²) in [5.41, 5.74) is 0.760. The number of nitro groups is 1. The molecule has 1 aliphatic rings. The number of nitro benzene ring substituents is 1. The quantitative estimate of drug-likeness (QED) is 0.617. The molecule has 116 valence electrons. The molecule has 1 N–H and O–H groups in total. The van der Waals surface area contributed by atoms with Gasteiger partial charge in [0.05, 0.1) is 24.2 Å². The van der Waals surface area contributed by atoms with E-state index in [1.165, 1.54) is 6.07 Å². The van der Waals surface area contributed by atoms with Gasteiger partial charge in [0.15, 0.2) is 0 Å². The molecule has 6 heteroatoms. The molecule has 2 rings (SSSR count). The summed E-state index contributed by atoms with van der Waals surface area (Å²) < 4.78 is 10.9. The van der Waals surface area contributed by atoms with Crippen molar-refractivity contribution in [3.63, 3.8) is 0 Å². The third-order valence-corrected chi connectivity index (χ3v) is 3.64. The third kappa shape index (κ3) is 4.32. The minimum Gasteiger partial charge on any atom is -0.493 e. The first kappa shape index (κ1) is 15.6. The number of rotatable bonds is 7. The lowest BCUT2D eigenvalue weighted by Gasteiger charge is -2.20. The summed E-state index contributed by atoms with van der Waals surface area (Å²) in [6, 6.07) is 5.03. The van der Waals surface area contributed by atoms with Crippen LogP contribution in [0.2, 0.25) is 0 Å². The fraction of sp³-hybridized carbons (Fsp3) is 0.600. The Bertz CT molecular complexity index is 487. The van der Waals surface area contributed by atoms with Gasteiger partial charge in [-0.1, -0.05) is 6.92 Å². The van der Waals surface area contributed by atoms with Gasteiger partial charge in [0.1, 0.15) is 5.75 Å². The van der Waals surface area contributed by atoms with Gasteiger partial charge in [-0.15, -0.1) is 0 Å². The number of hydrogen-bond acceptors (Lipinski definition) is 5. The van der Waals surface area contributed by atoms with Gasteiger partial charge in [-0.2, -0.15) is 0 Å². The maximum Gasteiger partial charge on any atom is 0.275 e. The zero-order valence-electron chi connectivity index (χ0n) is 12.5. The fourth-order valence-corrected chi connectivity index (χ4v) is 2.40. The molecule has 0 spiro atoms. The van der Waals surface area contributed by atoms with Gasteiger partial charge in [-0.25, -0.2) is 0 Å². The lowest BCUT2D eigenvalue weighted by molar-refractivity contribution is -0.384. The van der Waals surface area contributed by atoms with Gasteiger partial charge in [0.2, 0.25) is 0 Å². The summed E-state index contributed by atoms with van der Waals surface area (Å²) in [7, 11) is 0. The number of anilines is 1. The van der Waals surface area contributed by atoms with Crippen LogP contribution >= 0.6 is 0 Å². The predicted molar refractivity (Wildman–Crippen MR) is 80.9 cm³/mol. The monoisotopic (exact) mass is 294 g/mol. The van der Waals surface area contributed by atoms with Crippen LogP contribution < -0.4 is 10.1 Å². The molecule has 0 aliphatic carbocycles. The van der Waals surface area contributed by atoms with Crippen LogP contribution in [-0.2, 0) is 4.74 Å². The third-order valence-electron chi connectivity index (χ3n) is 3.64. The minimum absolute atomic E-state index is 0.0426. The summed E-state index contributed by atoms with van der Waals surface area (Å²) in [6.45, 7) is 6.15. The Morgan fingerprint density at radius 2 is 2.33 bits per heavy atom. The molecule has 0 saturated carbocycles. The lowest BCUT2D eigenvalue weighted by atomic mass is 10.0. The Kier molecular flexibility index (Phi) is 5.38. The van der Waals surface area contributed by atoms with Gasteiger partial charge in [0.25, 0.3) is 5.69 Å². The van der Waals surface area contributed by atoms with Crippen LogP contribution in [0.5, 0.6) is 5.75 Å². The second-order valence-corrected chi connectivity index (χ2v) is 5.38. The lowest BCUT2D eigenvalue weighted by Crippen LogP contribution is -2.26. The molecule has 0 bridgehead atoms. The first-order valence-corrected chi connectivity index (χ1v) is 7.36. The molecule has 1 aromatic carbocycles. The molecule has 0 amide bonds. The molecule has 21 heavy (non-hydrogen) atoms. The summed E-state index contributed by atoms with van der Waals surface area (Å²) in [4.78, 5) is 10.6. The zero-order valence-corrected chi connectivity index (χ0v) is 12.5. The van der Waals surface area contributed by atoms with E-state index in [4.69, 9.17) is 9.47 Å². The highest BCUT2D eigenvalue weighted by Gasteiger charge is 2.22. The van der Waals surface area contributed by atoms with Crippen LogP contribution in [0.1, 0.15) is 26.7 Å². The van der Waals surface area contributed by atoms with Gasteiger partial charge >= 0.3 is 0 Å². The van der Waals surface area contributed by atoms with E-state index in [1.807, 2.05) is 13.0 Å². The summed E-state index contributed by atoms with van der Waals surface area (Å²) in [5.74, 6) is 0.965. The molecule has 6 nitrogen and oxygen atoms in total. The number of non-ortho nitro benzene ring substituents is 1. The largest absolute Gasteiger partial charge is 0.493 e. The Labute approximate surface area is 124 Å². The molecular formula is C15H22N2O4. The number of ether oxygens (including phenoxy) is 2. The van der Waals surface area contributed by atoms with E-state index in [2.05, 4.69) is 12.2 Å². The van der Waals surface area contributed by atoms with Crippen molar-refractivity contribution in [1.82, 2.24) is 0 Å². The molecule has 2 unspecified atom stereocenters. The van der Waals surface area contributed by atoms with Gasteiger partial charge in [0, 0.05) is 36.4 Å². The van der Waals surface area contributed by atoms with Crippen LogP contribution in [0.4, 0.5) is 11.4 Å². The zero-order chi connectivity index (χ0) is 15.2. The highest BCUT2D eigenvalue weighted by atomic mass is 16.6. The van der Waals surface area contributed by atoms with Crippen molar-refractivity contribution in [3.8, 4) is 5.75 Å². The normalized spacial score (nSPS) is 19.2. The number of nitrogens with zero attached hydrogens (tertiary/aromatic N) is 1. The van der Waals surface area contributed by atoms with E-state index < -0.39 is 4.92 Å². The maximum atomic E-state index is 11.0. The molecule has 1 aromatic rings. The fourth-order valence-electron chi connectivity index (χ4n) is 2.40. The Morgan fingerprint density at radius 3 is 2.95 bits per heavy atom. The molecule has 0 aromatic heterocycles. The van der Waals surface area contributed by atoms with Gasteiger partial charge in [-0.3, -0.25) is 10.1 Å². The molecule has 1 heterocycles. The van der Waals surface area contributed by atoms with Crippen LogP contribution in [0.25, 0.3) is 0 Å². The molecule has 1 saturated heterocycles. The highest BCUT2D eigenvalue weighted by Crippen LogP contribution is 2.28. The Balaban J connectivity index is 2.12. The SMILES string of the molecule is CCCOc1cc(NC(C)C2CCOC2)cc([N+](=O)[O-])c1. The predicted octanol–water partition coefficient (Wildman–Crippen LogP) is 3.22. The minimum atomic E-state index is -0.396. The first-order chi connectivity index (χ1) is 10.1. The van der Waals surface area contributed by atoms with Crippen molar-refractivity contribution in [2.45, 2.75) is 32.7 Å². The average molecular weight is 294 g/mol. The molecule has 0 radical (unpaired) electrons. The van der Waals surface area contributed by atoms with Crippen LogP contribution in [0.3, 0.4) is 0 Å². The van der Waals surface area contributed by atoms with Crippen molar-refractivity contribution in [1.29, 1.82) is 0 Å². The van der Waals surface area contributed by atoms with E-state index in [-0.39, 0.29) is 11.7 Å². The smallest absolute Gasteiger partial charge is 0.275 e. The summed E-state index contributed by atoms with van der Waals surface area (Å²) in [5, 5.41) is 14.4. The van der Waals surface area contributed by atoms with Crippen molar-refractivity contribution < 1.29 is 14.4 Å². The second-order valence-electron chi connectivity index (χ2n) is 5.38. The molecule has 1 aliphatic heterocycles. The van der Waals surface area contributed by atoms with Gasteiger partial charge in [-0.05, 0) is 19.8 Å². The molecule has 2 atom stereocenters. The van der Waals surface area contributed by atoms with Crippen molar-refractivity contribution in [2.75, 3.05) is 25.1 Å². The van der Waals surface area contributed by atoms with Crippen LogP contribution in [-0.4, -0.2) is 30.8 Å². The summed E-state index contributed by atoms with van der Waals surface area (Å²) >= 11 is 0. The van der Waals surface area contributed by atoms with Crippen LogP contribution in [0.15, 0.2) is 18.2 Å². The topological polar surface area (TPSA) is 73.6 Å². The Morgan fingerprint density at radius 1 is 1.52 bits per heavy atom. The van der Waals surface area contributed by atoms with E-state index in [1.54, 1.807) is 6.07 Å². The van der Waals surface area contributed by atoms with Crippen molar-refractivity contribution in [3.05, 3.63) is 28.3 Å². The Hall–Kier alpha value is -1.82. The van der Waals surface area contributed by atoms with Crippen molar-refractivity contribution >= 4 is 11.4 Å². The highest BCUT2D eigenvalue weighted by molar-refractivity contribution is 5.56. The van der Waals surface area contributed by atoms with E-state index in [0.29, 0.717) is 18.3 Å². The first-order valence-electron chi connectivity index (χ1n) is 7.36. The van der Waals surface area contributed by atoms with Crippen molar-refractivity contribution in [2.24, 2.45) is 5.92 Å². The molecule has 1 fully saturated rings. The number of nitrogens with one attached hydrogen (secondary N) is 1. The van der Waals surface area contributed by atoms with E-state index >= 15 is 0 Å². The van der Waals surface area contributed by atoms with Gasteiger partial charge < -0.3 is 14.8 Å². The second kappa shape index (κ2) is 7.26. The average Bonchev–Trinajstić information content (AvgIpc) is 2.99. The van der Waals surface area contributed by atoms with E-state index in [9.17, 15) is 10.1 Å².